The fraction of sp³-hybridized carbons (Fsp3) is 0.370. The highest BCUT2D eigenvalue weighted by atomic mass is 35.5. The van der Waals surface area contributed by atoms with Crippen molar-refractivity contribution >= 4 is 17.3 Å². The van der Waals surface area contributed by atoms with E-state index in [9.17, 15) is 14.6 Å². The van der Waals surface area contributed by atoms with E-state index in [1.807, 2.05) is 12.1 Å². The molecule has 9 heteroatoms. The van der Waals surface area contributed by atoms with Crippen LogP contribution in [0.5, 0.6) is 5.75 Å². The topological polar surface area (TPSA) is 89.3 Å². The molecule has 0 bridgehead atoms. The molecule has 1 saturated heterocycles. The number of aromatic nitrogens is 1. The molecular weight excluding hydrogens is 485 g/mol. The Morgan fingerprint density at radius 2 is 1.89 bits per heavy atom. The standard InChI is InChI=1S/C27H31ClFN3O4/c1-18-14-32(25-9-8-23(12-24(25)28)36-11-10-33)26(19-2-5-21(29)6-3-19)15-31(18)16-27(35)20-4-7-22(17-34)30-13-20/h2-9,12-13,18,26-27,33-35H,10-11,14-17H2,1H3/t18-,26+,27-/m1/s1. The van der Waals surface area contributed by atoms with Crippen molar-refractivity contribution in [2.24, 2.45) is 0 Å². The molecule has 3 N–H and O–H groups in total. The quantitative estimate of drug-likeness (QED) is 0.400. The Morgan fingerprint density at radius 3 is 2.53 bits per heavy atom. The number of aliphatic hydroxyl groups excluding tert-OH is 3. The van der Waals surface area contributed by atoms with Crippen LogP contribution in [0.15, 0.2) is 60.8 Å². The summed E-state index contributed by atoms with van der Waals surface area (Å²) in [4.78, 5) is 8.59. The van der Waals surface area contributed by atoms with Crippen LogP contribution in [0, 0.1) is 5.82 Å². The molecule has 3 atom stereocenters. The molecule has 4 rings (SSSR count). The highest BCUT2D eigenvalue weighted by Gasteiger charge is 2.34. The molecule has 1 aromatic heterocycles. The zero-order valence-electron chi connectivity index (χ0n) is 20.1. The highest BCUT2D eigenvalue weighted by molar-refractivity contribution is 6.33. The second-order valence-corrected chi connectivity index (χ2v) is 9.37. The Balaban J connectivity index is 1.59. The maximum absolute atomic E-state index is 13.7. The lowest BCUT2D eigenvalue weighted by atomic mass is 9.97. The van der Waals surface area contributed by atoms with Gasteiger partial charge in [0.2, 0.25) is 0 Å². The molecule has 0 amide bonds. The lowest BCUT2D eigenvalue weighted by Gasteiger charge is -2.47. The van der Waals surface area contributed by atoms with Gasteiger partial charge in [0.15, 0.2) is 0 Å². The van der Waals surface area contributed by atoms with E-state index in [0.717, 1.165) is 11.3 Å². The number of hydrogen-bond donors (Lipinski definition) is 3. The van der Waals surface area contributed by atoms with Crippen LogP contribution < -0.4 is 9.64 Å². The number of rotatable bonds is 9. The van der Waals surface area contributed by atoms with Gasteiger partial charge in [-0.05, 0) is 42.8 Å². The van der Waals surface area contributed by atoms with Crippen molar-refractivity contribution < 1.29 is 24.4 Å². The predicted octanol–water partition coefficient (Wildman–Crippen LogP) is 3.72. The average molecular weight is 516 g/mol. The van der Waals surface area contributed by atoms with E-state index in [-0.39, 0.29) is 37.7 Å². The van der Waals surface area contributed by atoms with Gasteiger partial charge in [0.1, 0.15) is 18.2 Å². The minimum Gasteiger partial charge on any atom is -0.491 e. The summed E-state index contributed by atoms with van der Waals surface area (Å²) < 4.78 is 19.2. The molecule has 0 saturated carbocycles. The third-order valence-electron chi connectivity index (χ3n) is 6.51. The number of pyridine rings is 1. The molecule has 7 nitrogen and oxygen atoms in total. The Kier molecular flexibility index (Phi) is 8.77. The first-order valence-electron chi connectivity index (χ1n) is 11.9. The number of β-amino-alcohol motifs (C(OH)–C–C–N with tert-alkyl or cyclic N) is 1. The SMILES string of the molecule is C[C@@H]1CN(c2ccc(OCCO)cc2Cl)[C@H](c2ccc(F)cc2)CN1C[C@@H](O)c1ccc(CO)nc1. The van der Waals surface area contributed by atoms with E-state index in [1.54, 1.807) is 36.5 Å². The molecule has 192 valence electrons. The van der Waals surface area contributed by atoms with Crippen LogP contribution in [0.3, 0.4) is 0 Å². The summed E-state index contributed by atoms with van der Waals surface area (Å²) in [5, 5.41) is 29.7. The summed E-state index contributed by atoms with van der Waals surface area (Å²) in [6, 6.07) is 15.4. The van der Waals surface area contributed by atoms with Crippen LogP contribution in [0.4, 0.5) is 10.1 Å². The smallest absolute Gasteiger partial charge is 0.123 e. The summed E-state index contributed by atoms with van der Waals surface area (Å²) in [5.41, 5.74) is 3.00. The lowest BCUT2D eigenvalue weighted by Crippen LogP contribution is -2.54. The number of nitrogens with zero attached hydrogens (tertiary/aromatic N) is 3. The molecule has 36 heavy (non-hydrogen) atoms. The van der Waals surface area contributed by atoms with Gasteiger partial charge < -0.3 is 25.0 Å². The van der Waals surface area contributed by atoms with Gasteiger partial charge in [-0.3, -0.25) is 9.88 Å². The summed E-state index contributed by atoms with van der Waals surface area (Å²) in [5.74, 6) is 0.274. The van der Waals surface area contributed by atoms with Crippen LogP contribution in [0.1, 0.15) is 35.9 Å². The van der Waals surface area contributed by atoms with E-state index in [1.165, 1.54) is 12.1 Å². The second kappa shape index (κ2) is 12.0. The Bertz CT molecular complexity index is 1130. The Morgan fingerprint density at radius 1 is 1.11 bits per heavy atom. The molecule has 0 radical (unpaired) electrons. The summed E-state index contributed by atoms with van der Waals surface area (Å²) >= 11 is 6.67. The molecule has 2 heterocycles. The summed E-state index contributed by atoms with van der Waals surface area (Å²) in [6.45, 7) is 3.67. The first kappa shape index (κ1) is 26.3. The monoisotopic (exact) mass is 515 g/mol. The number of piperazine rings is 1. The van der Waals surface area contributed by atoms with Crippen molar-refractivity contribution in [3.8, 4) is 5.75 Å². The minimum atomic E-state index is -0.750. The molecule has 1 fully saturated rings. The van der Waals surface area contributed by atoms with Crippen molar-refractivity contribution in [2.45, 2.75) is 31.7 Å². The first-order valence-corrected chi connectivity index (χ1v) is 12.3. The van der Waals surface area contributed by atoms with Gasteiger partial charge in [0, 0.05) is 43.5 Å². The van der Waals surface area contributed by atoms with E-state index in [2.05, 4.69) is 21.7 Å². The van der Waals surface area contributed by atoms with Crippen molar-refractivity contribution in [3.63, 3.8) is 0 Å². The summed E-state index contributed by atoms with van der Waals surface area (Å²) in [6.07, 6.45) is 0.842. The molecule has 1 aliphatic heterocycles. The van der Waals surface area contributed by atoms with Gasteiger partial charge in [0.05, 0.1) is 41.8 Å². The molecule has 0 aliphatic carbocycles. The van der Waals surface area contributed by atoms with Crippen molar-refractivity contribution in [1.82, 2.24) is 9.88 Å². The van der Waals surface area contributed by atoms with Crippen LogP contribution in [0.2, 0.25) is 5.02 Å². The molecule has 3 aromatic rings. The fourth-order valence-electron chi connectivity index (χ4n) is 4.55. The number of aliphatic hydroxyl groups is 3. The van der Waals surface area contributed by atoms with Gasteiger partial charge in [0.25, 0.3) is 0 Å². The third kappa shape index (κ3) is 6.14. The number of ether oxygens (including phenoxy) is 1. The average Bonchev–Trinajstić information content (AvgIpc) is 2.89. The molecule has 2 aromatic carbocycles. The van der Waals surface area contributed by atoms with Crippen molar-refractivity contribution in [3.05, 3.63) is 88.5 Å². The molecule has 0 spiro atoms. The number of anilines is 1. The van der Waals surface area contributed by atoms with Crippen LogP contribution >= 0.6 is 11.6 Å². The summed E-state index contributed by atoms with van der Waals surface area (Å²) in [7, 11) is 0. The number of benzene rings is 2. The lowest BCUT2D eigenvalue weighted by molar-refractivity contribution is 0.0738. The van der Waals surface area contributed by atoms with Gasteiger partial charge >= 0.3 is 0 Å². The van der Waals surface area contributed by atoms with E-state index >= 15 is 0 Å². The normalized spacial score (nSPS) is 19.3. The maximum atomic E-state index is 13.7. The molecule has 1 aliphatic rings. The maximum Gasteiger partial charge on any atom is 0.123 e. The molecule has 0 unspecified atom stereocenters. The Hall–Kier alpha value is -2.75. The van der Waals surface area contributed by atoms with Crippen molar-refractivity contribution in [1.29, 1.82) is 0 Å². The fourth-order valence-corrected chi connectivity index (χ4v) is 4.83. The van der Waals surface area contributed by atoms with E-state index < -0.39 is 6.10 Å². The van der Waals surface area contributed by atoms with E-state index in [0.29, 0.717) is 41.7 Å². The largest absolute Gasteiger partial charge is 0.491 e. The van der Waals surface area contributed by atoms with Crippen molar-refractivity contribution in [2.75, 3.05) is 37.7 Å². The van der Waals surface area contributed by atoms with E-state index in [4.69, 9.17) is 21.4 Å². The Labute approximate surface area is 215 Å². The zero-order valence-corrected chi connectivity index (χ0v) is 20.9. The minimum absolute atomic E-state index is 0.0843. The van der Waals surface area contributed by atoms with Crippen LogP contribution in [-0.2, 0) is 6.61 Å². The first-order chi connectivity index (χ1) is 17.4. The third-order valence-corrected chi connectivity index (χ3v) is 6.82. The number of halogens is 2. The van der Waals surface area contributed by atoms with Gasteiger partial charge in [-0.15, -0.1) is 0 Å². The highest BCUT2D eigenvalue weighted by Crippen LogP contribution is 2.38. The van der Waals surface area contributed by atoms with Crippen LogP contribution in [0.25, 0.3) is 0 Å². The van der Waals surface area contributed by atoms with Gasteiger partial charge in [-0.1, -0.05) is 29.8 Å². The molecular formula is C27H31ClFN3O4. The van der Waals surface area contributed by atoms with Gasteiger partial charge in [-0.25, -0.2) is 4.39 Å². The zero-order chi connectivity index (χ0) is 25.7. The predicted molar refractivity (Wildman–Crippen MR) is 137 cm³/mol. The van der Waals surface area contributed by atoms with Crippen LogP contribution in [-0.4, -0.2) is 64.1 Å². The second-order valence-electron chi connectivity index (χ2n) is 8.96. The number of hydrogen-bond acceptors (Lipinski definition) is 7. The van der Waals surface area contributed by atoms with Gasteiger partial charge in [-0.2, -0.15) is 0 Å².